The number of hydrogen-bond acceptors (Lipinski definition) is 11. The number of nitrogens with zero attached hydrogens (tertiary/aromatic N) is 2. The van der Waals surface area contributed by atoms with Crippen molar-refractivity contribution < 1.29 is 29.2 Å². The Hall–Kier alpha value is -0.630. The van der Waals surface area contributed by atoms with Gasteiger partial charge in [-0.25, -0.2) is 0 Å². The Morgan fingerprint density at radius 2 is 2.07 bits per heavy atom. The molecule has 4 N–H and O–H groups in total. The number of aliphatic hydroxyl groups excluding tert-OH is 2. The van der Waals surface area contributed by atoms with Crippen molar-refractivity contribution in [1.82, 2.24) is 14.7 Å². The molecule has 2 bridgehead atoms. The first kappa shape index (κ1) is 22.1. The molecular weight excluding hydrogens is 412 g/mol. The van der Waals surface area contributed by atoms with Crippen molar-refractivity contribution in [3.8, 4) is 0 Å². The van der Waals surface area contributed by atoms with E-state index in [1.165, 1.54) is 0 Å². The number of hydrogen-bond donors (Lipinski definition) is 4. The summed E-state index contributed by atoms with van der Waals surface area (Å²) in [5.74, 6) is 0. The smallest absolute Gasteiger partial charge is 0.236 e. The lowest BCUT2D eigenvalue weighted by Gasteiger charge is -2.42. The number of nitrogens with one attached hydrogen (secondary N) is 2. The minimum Gasteiger partial charge on any atom is -0.388 e. The van der Waals surface area contributed by atoms with Crippen molar-refractivity contribution in [2.75, 3.05) is 51.9 Å². The lowest BCUT2D eigenvalue weighted by molar-refractivity contribution is -0.229. The van der Waals surface area contributed by atoms with Gasteiger partial charge in [-0.05, 0) is 38.0 Å². The quantitative estimate of drug-likeness (QED) is 0.327. The van der Waals surface area contributed by atoms with Crippen LogP contribution in [0.3, 0.4) is 0 Å². The van der Waals surface area contributed by atoms with Gasteiger partial charge in [0.05, 0.1) is 13.2 Å². The van der Waals surface area contributed by atoms with Crippen molar-refractivity contribution in [1.29, 1.82) is 0 Å². The van der Waals surface area contributed by atoms with Gasteiger partial charge in [0.15, 0.2) is 6.29 Å². The number of aliphatic hydroxyl groups is 2. The molecule has 28 heavy (non-hydrogen) atoms. The second kappa shape index (κ2) is 10.4. The van der Waals surface area contributed by atoms with Gasteiger partial charge in [0.1, 0.15) is 23.9 Å². The van der Waals surface area contributed by atoms with Crippen LogP contribution in [0, 0.1) is 0 Å². The summed E-state index contributed by atoms with van der Waals surface area (Å²) in [4.78, 5) is 3.98. The van der Waals surface area contributed by atoms with Gasteiger partial charge in [-0.3, -0.25) is 0 Å². The molecule has 10 nitrogen and oxygen atoms in total. The molecule has 3 rings (SSSR count). The molecule has 12 heteroatoms. The van der Waals surface area contributed by atoms with Crippen LogP contribution in [0.4, 0.5) is 5.13 Å². The monoisotopic (exact) mass is 438 g/mol. The molecule has 0 unspecified atom stereocenters. The number of aromatic nitrogens is 2. The molecule has 0 aromatic carbocycles. The predicted octanol–water partition coefficient (Wildman–Crippen LogP) is -0.148. The first-order valence-electron chi connectivity index (χ1n) is 9.27. The summed E-state index contributed by atoms with van der Waals surface area (Å²) >= 11 is 6.77. The van der Waals surface area contributed by atoms with Crippen LogP contribution in [0.2, 0.25) is 5.28 Å². The zero-order chi connectivity index (χ0) is 20.0. The van der Waals surface area contributed by atoms with E-state index in [9.17, 15) is 10.2 Å². The Kier molecular flexibility index (Phi) is 8.21. The molecule has 0 saturated carbocycles. The Morgan fingerprint density at radius 3 is 2.82 bits per heavy atom. The number of rotatable bonds is 12. The van der Waals surface area contributed by atoms with Gasteiger partial charge in [0.25, 0.3) is 0 Å². The van der Waals surface area contributed by atoms with Crippen LogP contribution < -0.4 is 10.6 Å². The van der Waals surface area contributed by atoms with Crippen LogP contribution in [-0.4, -0.2) is 96.3 Å². The standard InChI is InChI=1S/C16H27ClN4O6S/c1-18-4-2-5-24-6-3-7-25-8-16-9-26-13(27-16)10(11(22)12(16)23)19-15-20-14(17)21-28-15/h10-13,18,22-23H,2-9H2,1H3,(H,19,20,21)/t10-,11-,12-,13+,16+/m1/s1. The highest BCUT2D eigenvalue weighted by atomic mass is 35.5. The van der Waals surface area contributed by atoms with Gasteiger partial charge < -0.3 is 39.8 Å². The fourth-order valence-electron chi connectivity index (χ4n) is 3.21. The summed E-state index contributed by atoms with van der Waals surface area (Å²) in [6, 6.07) is -0.694. The summed E-state index contributed by atoms with van der Waals surface area (Å²) in [6.07, 6.45) is -1.33. The van der Waals surface area contributed by atoms with Gasteiger partial charge >= 0.3 is 0 Å². The SMILES string of the molecule is CNCCCOCCCOC[C@@]12CO[C@@H](O1)[C@H](Nc1nc(Cl)ns1)[C@@H](O)[C@H]2O. The molecule has 3 heterocycles. The van der Waals surface area contributed by atoms with Crippen molar-refractivity contribution >= 4 is 28.3 Å². The second-order valence-electron chi connectivity index (χ2n) is 6.81. The molecule has 0 spiro atoms. The predicted molar refractivity (Wildman–Crippen MR) is 103 cm³/mol. The van der Waals surface area contributed by atoms with Crippen LogP contribution in [0.15, 0.2) is 0 Å². The molecule has 160 valence electrons. The maximum absolute atomic E-state index is 10.6. The third-order valence-electron chi connectivity index (χ3n) is 4.70. The molecule has 2 aliphatic rings. The highest BCUT2D eigenvalue weighted by Gasteiger charge is 2.59. The van der Waals surface area contributed by atoms with Gasteiger partial charge in [-0.2, -0.15) is 9.36 Å². The molecule has 2 fully saturated rings. The molecule has 2 saturated heterocycles. The van der Waals surface area contributed by atoms with E-state index in [1.807, 2.05) is 7.05 Å². The Labute approximate surface area is 172 Å². The maximum Gasteiger partial charge on any atom is 0.236 e. The molecule has 0 amide bonds. The summed E-state index contributed by atoms with van der Waals surface area (Å²) in [7, 11) is 1.91. The van der Waals surface area contributed by atoms with Gasteiger partial charge in [0, 0.05) is 31.4 Å². The zero-order valence-electron chi connectivity index (χ0n) is 15.7. The van der Waals surface area contributed by atoms with E-state index in [-0.39, 0.29) is 18.5 Å². The van der Waals surface area contributed by atoms with E-state index < -0.39 is 30.1 Å². The fraction of sp³-hybridized carbons (Fsp3) is 0.875. The third-order valence-corrected chi connectivity index (χ3v) is 5.61. The number of ether oxygens (including phenoxy) is 4. The summed E-state index contributed by atoms with van der Waals surface area (Å²) in [5.41, 5.74) is -1.09. The van der Waals surface area contributed by atoms with E-state index in [0.717, 1.165) is 30.9 Å². The molecule has 1 aromatic rings. The normalized spacial score (nSPS) is 32.0. The second-order valence-corrected chi connectivity index (χ2v) is 7.90. The summed E-state index contributed by atoms with van der Waals surface area (Å²) < 4.78 is 26.6. The first-order valence-corrected chi connectivity index (χ1v) is 10.4. The lowest BCUT2D eigenvalue weighted by atomic mass is 9.88. The summed E-state index contributed by atoms with van der Waals surface area (Å²) in [5, 5.41) is 27.8. The van der Waals surface area contributed by atoms with Crippen molar-refractivity contribution in [3.63, 3.8) is 0 Å². The van der Waals surface area contributed by atoms with Crippen LogP contribution >= 0.6 is 23.1 Å². The van der Waals surface area contributed by atoms with Crippen molar-refractivity contribution in [2.45, 2.75) is 43.0 Å². The molecule has 5 atom stereocenters. The van der Waals surface area contributed by atoms with E-state index in [2.05, 4.69) is 20.0 Å². The highest BCUT2D eigenvalue weighted by Crippen LogP contribution is 2.38. The Morgan fingerprint density at radius 1 is 1.29 bits per heavy atom. The lowest BCUT2D eigenvalue weighted by Crippen LogP contribution is -2.64. The fourth-order valence-corrected chi connectivity index (χ4v) is 3.96. The highest BCUT2D eigenvalue weighted by molar-refractivity contribution is 7.09. The largest absolute Gasteiger partial charge is 0.388 e. The van der Waals surface area contributed by atoms with E-state index in [4.69, 9.17) is 30.5 Å². The molecule has 2 aliphatic heterocycles. The molecule has 0 radical (unpaired) electrons. The maximum atomic E-state index is 10.6. The Balaban J connectivity index is 1.42. The van der Waals surface area contributed by atoms with Crippen LogP contribution in [-0.2, 0) is 18.9 Å². The minimum absolute atomic E-state index is 0.111. The molecule has 1 aromatic heterocycles. The average molecular weight is 439 g/mol. The third kappa shape index (κ3) is 5.29. The van der Waals surface area contributed by atoms with Gasteiger partial charge in [0.2, 0.25) is 10.4 Å². The first-order chi connectivity index (χ1) is 13.6. The van der Waals surface area contributed by atoms with E-state index in [0.29, 0.717) is 25.0 Å². The molecule has 0 aliphatic carbocycles. The zero-order valence-corrected chi connectivity index (χ0v) is 17.2. The number of fused-ring (bicyclic) bond motifs is 2. The van der Waals surface area contributed by atoms with E-state index in [1.54, 1.807) is 0 Å². The molecular formula is C16H27ClN4O6S. The number of anilines is 1. The van der Waals surface area contributed by atoms with E-state index >= 15 is 0 Å². The van der Waals surface area contributed by atoms with Gasteiger partial charge in [-0.1, -0.05) is 0 Å². The number of halogens is 1. The minimum atomic E-state index is -1.18. The van der Waals surface area contributed by atoms with Crippen LogP contribution in [0.25, 0.3) is 0 Å². The van der Waals surface area contributed by atoms with Crippen molar-refractivity contribution in [2.24, 2.45) is 0 Å². The summed E-state index contributed by atoms with van der Waals surface area (Å²) in [6.45, 7) is 2.97. The topological polar surface area (TPSA) is 127 Å². The van der Waals surface area contributed by atoms with Crippen LogP contribution in [0.1, 0.15) is 12.8 Å². The van der Waals surface area contributed by atoms with Gasteiger partial charge in [-0.15, -0.1) is 0 Å². The Bertz CT molecular complexity index is 613. The van der Waals surface area contributed by atoms with Crippen molar-refractivity contribution in [3.05, 3.63) is 5.28 Å². The van der Waals surface area contributed by atoms with Crippen LogP contribution in [0.5, 0.6) is 0 Å². The average Bonchev–Trinajstić information content (AvgIpc) is 3.28.